The smallest absolute Gasteiger partial charge is 0.159 e. The third-order valence-corrected chi connectivity index (χ3v) is 10.6. The Balaban J connectivity index is 1.06. The van der Waals surface area contributed by atoms with Gasteiger partial charge in [-0.1, -0.05) is 133 Å². The summed E-state index contributed by atoms with van der Waals surface area (Å²) in [4.78, 5) is 2.30. The van der Waals surface area contributed by atoms with Crippen LogP contribution in [0.25, 0.3) is 88.7 Å². The maximum atomic E-state index is 6.51. The summed E-state index contributed by atoms with van der Waals surface area (Å²) in [5, 5.41) is 2.24. The molecule has 0 saturated heterocycles. The number of hydrogen-bond acceptors (Lipinski definition) is 2. The minimum atomic E-state index is 0.882. The lowest BCUT2D eigenvalue weighted by Gasteiger charge is -2.25. The molecule has 6 bridgehead atoms. The molecule has 0 unspecified atom stereocenters. The van der Waals surface area contributed by atoms with Crippen LogP contribution in [0, 0.1) is 0 Å². The van der Waals surface area contributed by atoms with Gasteiger partial charge in [0.25, 0.3) is 0 Å². The number of para-hydroxylation sites is 3. The molecule has 2 aliphatic rings. The van der Waals surface area contributed by atoms with E-state index in [0.717, 1.165) is 39.0 Å². The molecule has 11 rings (SSSR count). The van der Waals surface area contributed by atoms with Crippen LogP contribution in [0.2, 0.25) is 0 Å². The van der Waals surface area contributed by atoms with Crippen LogP contribution in [0.4, 0.5) is 17.1 Å². The van der Waals surface area contributed by atoms with Gasteiger partial charge >= 0.3 is 0 Å². The first kappa shape index (κ1) is 27.3. The molecule has 1 aromatic heterocycles. The summed E-state index contributed by atoms with van der Waals surface area (Å²) in [6, 6.07) is 63.7. The summed E-state index contributed by atoms with van der Waals surface area (Å²) < 4.78 is 6.51. The second kappa shape index (κ2) is 10.4. The fraction of sp³-hybridized carbons (Fsp3) is 0. The minimum absolute atomic E-state index is 0.882. The van der Waals surface area contributed by atoms with E-state index in [-0.39, 0.29) is 0 Å². The quantitative estimate of drug-likeness (QED) is 0.191. The highest BCUT2D eigenvalue weighted by Crippen LogP contribution is 2.57. The van der Waals surface area contributed by atoms with Crippen molar-refractivity contribution in [2.75, 3.05) is 4.90 Å². The Bertz CT molecular complexity index is 2780. The first-order valence-electron chi connectivity index (χ1n) is 17.2. The van der Waals surface area contributed by atoms with Gasteiger partial charge in [-0.15, -0.1) is 0 Å². The molecule has 0 aliphatic heterocycles. The number of anilines is 3. The van der Waals surface area contributed by atoms with Crippen LogP contribution in [0.1, 0.15) is 0 Å². The van der Waals surface area contributed by atoms with Crippen LogP contribution in [0.15, 0.2) is 180 Å². The molecule has 0 fully saturated rings. The summed E-state index contributed by atoms with van der Waals surface area (Å²) >= 11 is 0. The van der Waals surface area contributed by atoms with Gasteiger partial charge in [0.1, 0.15) is 5.58 Å². The summed E-state index contributed by atoms with van der Waals surface area (Å²) in [5.41, 5.74) is 20.4. The molecular weight excluding hydrogens is 607 g/mol. The van der Waals surface area contributed by atoms with Crippen molar-refractivity contribution in [2.24, 2.45) is 0 Å². The SMILES string of the molecule is c1ccc(N(c2ccc(-c3ccc4c(c3)-c3c5cccc3-c3cccc-4c3-c3ccccc3-5)cc2)c2cccc3c2oc2ccccc23)cc1. The zero-order valence-electron chi connectivity index (χ0n) is 27.1. The highest BCUT2D eigenvalue weighted by molar-refractivity contribution is 6.15. The van der Waals surface area contributed by atoms with E-state index in [2.05, 4.69) is 169 Å². The molecule has 2 nitrogen and oxygen atoms in total. The lowest BCUT2D eigenvalue weighted by Crippen LogP contribution is -2.10. The molecule has 0 radical (unpaired) electrons. The average molecular weight is 636 g/mol. The van der Waals surface area contributed by atoms with Crippen LogP contribution in [0.5, 0.6) is 0 Å². The molecule has 232 valence electrons. The molecule has 0 spiro atoms. The Morgan fingerprint density at radius 2 is 0.880 bits per heavy atom. The van der Waals surface area contributed by atoms with Gasteiger partial charge in [0.05, 0.1) is 5.69 Å². The Kier molecular flexibility index (Phi) is 5.70. The lowest BCUT2D eigenvalue weighted by atomic mass is 9.83. The largest absolute Gasteiger partial charge is 0.454 e. The fourth-order valence-electron chi connectivity index (χ4n) is 8.40. The van der Waals surface area contributed by atoms with E-state index < -0.39 is 0 Å². The standard InChI is InChI=1S/C48H29NO/c1-2-11-32(12-3-1)49(44-21-10-20-42-36-14-6-7-22-45(36)50-48(42)44)33-26-23-30(24-27-33)31-25-28-35-39-17-9-18-40-41-19-8-16-38(47(41)43(35)29-31)34-13-4-5-15-37(34)46(39)40/h1-29H. The fourth-order valence-corrected chi connectivity index (χ4v) is 8.40. The van der Waals surface area contributed by atoms with E-state index >= 15 is 0 Å². The van der Waals surface area contributed by atoms with Gasteiger partial charge in [-0.2, -0.15) is 0 Å². The summed E-state index contributed by atoms with van der Waals surface area (Å²) in [6.07, 6.45) is 0. The van der Waals surface area contributed by atoms with Crippen molar-refractivity contribution < 1.29 is 4.42 Å². The summed E-state index contributed by atoms with van der Waals surface area (Å²) in [5.74, 6) is 0. The van der Waals surface area contributed by atoms with Crippen molar-refractivity contribution in [3.8, 4) is 66.8 Å². The maximum Gasteiger partial charge on any atom is 0.159 e. The predicted octanol–water partition coefficient (Wildman–Crippen LogP) is 13.7. The normalized spacial score (nSPS) is 12.0. The first-order valence-corrected chi connectivity index (χ1v) is 17.2. The van der Waals surface area contributed by atoms with Crippen LogP contribution >= 0.6 is 0 Å². The summed E-state index contributed by atoms with van der Waals surface area (Å²) in [7, 11) is 0. The third-order valence-electron chi connectivity index (χ3n) is 10.6. The number of rotatable bonds is 4. The topological polar surface area (TPSA) is 16.4 Å². The van der Waals surface area contributed by atoms with Gasteiger partial charge in [0.2, 0.25) is 0 Å². The monoisotopic (exact) mass is 635 g/mol. The first-order chi connectivity index (χ1) is 24.8. The Morgan fingerprint density at radius 1 is 0.340 bits per heavy atom. The molecule has 9 aromatic rings. The van der Waals surface area contributed by atoms with Crippen molar-refractivity contribution in [3.05, 3.63) is 176 Å². The van der Waals surface area contributed by atoms with Crippen LogP contribution in [0.3, 0.4) is 0 Å². The summed E-state index contributed by atoms with van der Waals surface area (Å²) in [6.45, 7) is 0. The van der Waals surface area contributed by atoms with Crippen LogP contribution in [-0.2, 0) is 0 Å². The molecule has 1 heterocycles. The van der Waals surface area contributed by atoms with E-state index in [4.69, 9.17) is 4.42 Å². The van der Waals surface area contributed by atoms with Gasteiger partial charge in [0.15, 0.2) is 5.58 Å². The highest BCUT2D eigenvalue weighted by Gasteiger charge is 2.30. The molecule has 8 aromatic carbocycles. The van der Waals surface area contributed by atoms with Crippen molar-refractivity contribution in [1.82, 2.24) is 0 Å². The van der Waals surface area contributed by atoms with E-state index in [9.17, 15) is 0 Å². The van der Waals surface area contributed by atoms with Crippen molar-refractivity contribution in [1.29, 1.82) is 0 Å². The lowest BCUT2D eigenvalue weighted by molar-refractivity contribution is 0.669. The van der Waals surface area contributed by atoms with Gasteiger partial charge in [-0.3, -0.25) is 0 Å². The van der Waals surface area contributed by atoms with Crippen LogP contribution in [-0.4, -0.2) is 0 Å². The van der Waals surface area contributed by atoms with Crippen molar-refractivity contribution >= 4 is 39.0 Å². The second-order valence-corrected chi connectivity index (χ2v) is 13.2. The van der Waals surface area contributed by atoms with E-state index in [1.807, 2.05) is 12.1 Å². The molecule has 0 amide bonds. The van der Waals surface area contributed by atoms with Crippen molar-refractivity contribution in [3.63, 3.8) is 0 Å². The Hall–Kier alpha value is -6.64. The number of nitrogens with zero attached hydrogens (tertiary/aromatic N) is 1. The molecule has 0 N–H and O–H groups in total. The third kappa shape index (κ3) is 3.85. The van der Waals surface area contributed by atoms with Crippen LogP contribution < -0.4 is 4.90 Å². The molecule has 0 atom stereocenters. The van der Waals surface area contributed by atoms with Gasteiger partial charge in [0, 0.05) is 22.1 Å². The van der Waals surface area contributed by atoms with Gasteiger partial charge in [-0.05, 0) is 109 Å². The van der Waals surface area contributed by atoms with Gasteiger partial charge < -0.3 is 9.32 Å². The second-order valence-electron chi connectivity index (χ2n) is 13.2. The van der Waals surface area contributed by atoms with Crippen molar-refractivity contribution in [2.45, 2.75) is 0 Å². The molecule has 2 aliphatic carbocycles. The minimum Gasteiger partial charge on any atom is -0.454 e. The molecule has 2 heteroatoms. The number of benzene rings is 8. The Labute approximate surface area is 290 Å². The maximum absolute atomic E-state index is 6.51. The average Bonchev–Trinajstić information content (AvgIpc) is 3.52. The Morgan fingerprint density at radius 3 is 1.66 bits per heavy atom. The zero-order valence-corrected chi connectivity index (χ0v) is 27.1. The number of fused-ring (bicyclic) bond motifs is 7. The molecule has 50 heavy (non-hydrogen) atoms. The highest BCUT2D eigenvalue weighted by atomic mass is 16.3. The number of furan rings is 1. The van der Waals surface area contributed by atoms with Gasteiger partial charge in [-0.25, -0.2) is 0 Å². The molecular formula is C48H29NO. The van der Waals surface area contributed by atoms with E-state index in [1.165, 1.54) is 66.8 Å². The van der Waals surface area contributed by atoms with E-state index in [0.29, 0.717) is 0 Å². The number of hydrogen-bond donors (Lipinski definition) is 0. The zero-order chi connectivity index (χ0) is 32.8. The molecule has 0 saturated carbocycles. The predicted molar refractivity (Wildman–Crippen MR) is 208 cm³/mol. The van der Waals surface area contributed by atoms with E-state index in [1.54, 1.807) is 0 Å².